The van der Waals surface area contributed by atoms with Crippen LogP contribution in [0.25, 0.3) is 0 Å². The van der Waals surface area contributed by atoms with Gasteiger partial charge in [0.25, 0.3) is 0 Å². The Morgan fingerprint density at radius 1 is 1.25 bits per heavy atom. The standard InChI is InChI=1S/C12H15F5N2O/c13-9-2-1-8(11(14)6-9)5-10(19-18)3-4-20-7-12(15,16)17/h1-2,6,10,19H,3-5,7,18H2. The summed E-state index contributed by atoms with van der Waals surface area (Å²) in [5.41, 5.74) is 2.60. The van der Waals surface area contributed by atoms with E-state index in [0.717, 1.165) is 12.1 Å². The van der Waals surface area contributed by atoms with E-state index in [9.17, 15) is 22.0 Å². The lowest BCUT2D eigenvalue weighted by molar-refractivity contribution is -0.174. The van der Waals surface area contributed by atoms with Gasteiger partial charge in [0, 0.05) is 18.7 Å². The van der Waals surface area contributed by atoms with Gasteiger partial charge < -0.3 is 4.74 Å². The molecule has 3 N–H and O–H groups in total. The fraction of sp³-hybridized carbons (Fsp3) is 0.500. The molecule has 0 bridgehead atoms. The van der Waals surface area contributed by atoms with Gasteiger partial charge in [-0.3, -0.25) is 11.3 Å². The first-order valence-electron chi connectivity index (χ1n) is 5.86. The van der Waals surface area contributed by atoms with Crippen molar-refractivity contribution in [2.24, 2.45) is 5.84 Å². The molecule has 1 atom stereocenters. The molecule has 114 valence electrons. The molecular formula is C12H15F5N2O. The number of alkyl halides is 3. The summed E-state index contributed by atoms with van der Waals surface area (Å²) in [4.78, 5) is 0. The molecule has 0 fully saturated rings. The molecule has 20 heavy (non-hydrogen) atoms. The SMILES string of the molecule is NNC(CCOCC(F)(F)F)Cc1ccc(F)cc1F. The molecule has 1 unspecified atom stereocenters. The maximum atomic E-state index is 13.4. The van der Waals surface area contributed by atoms with Crippen LogP contribution in [0.3, 0.4) is 0 Å². The number of nitrogens with two attached hydrogens (primary N) is 1. The zero-order valence-electron chi connectivity index (χ0n) is 10.5. The smallest absolute Gasteiger partial charge is 0.372 e. The lowest BCUT2D eigenvalue weighted by Crippen LogP contribution is -2.38. The topological polar surface area (TPSA) is 47.3 Å². The summed E-state index contributed by atoms with van der Waals surface area (Å²) in [5.74, 6) is 3.83. The molecule has 1 aromatic rings. The van der Waals surface area contributed by atoms with E-state index < -0.39 is 30.5 Å². The van der Waals surface area contributed by atoms with E-state index in [0.29, 0.717) is 0 Å². The van der Waals surface area contributed by atoms with Crippen molar-refractivity contribution in [3.05, 3.63) is 35.4 Å². The van der Waals surface area contributed by atoms with Crippen LogP contribution in [0.15, 0.2) is 18.2 Å². The van der Waals surface area contributed by atoms with Crippen LogP contribution in [0.5, 0.6) is 0 Å². The van der Waals surface area contributed by atoms with Gasteiger partial charge in [-0.15, -0.1) is 0 Å². The van der Waals surface area contributed by atoms with E-state index in [1.807, 2.05) is 0 Å². The zero-order valence-corrected chi connectivity index (χ0v) is 10.5. The summed E-state index contributed by atoms with van der Waals surface area (Å²) in [6.07, 6.45) is -4.09. The van der Waals surface area contributed by atoms with Gasteiger partial charge in [-0.05, 0) is 24.5 Å². The normalized spacial score (nSPS) is 13.5. The Morgan fingerprint density at radius 2 is 1.95 bits per heavy atom. The number of nitrogens with one attached hydrogen (secondary N) is 1. The predicted octanol–water partition coefficient (Wildman–Crippen LogP) is 2.31. The molecule has 0 spiro atoms. The predicted molar refractivity (Wildman–Crippen MR) is 62.7 cm³/mol. The Hall–Kier alpha value is -1.25. The van der Waals surface area contributed by atoms with Crippen molar-refractivity contribution in [2.75, 3.05) is 13.2 Å². The van der Waals surface area contributed by atoms with Gasteiger partial charge in [0.15, 0.2) is 0 Å². The van der Waals surface area contributed by atoms with E-state index in [1.54, 1.807) is 0 Å². The van der Waals surface area contributed by atoms with Gasteiger partial charge >= 0.3 is 6.18 Å². The average Bonchev–Trinajstić information content (AvgIpc) is 2.34. The highest BCUT2D eigenvalue weighted by atomic mass is 19.4. The number of rotatable bonds is 7. The molecule has 0 heterocycles. The molecule has 3 nitrogen and oxygen atoms in total. The lowest BCUT2D eigenvalue weighted by atomic mass is 10.0. The quantitative estimate of drug-likeness (QED) is 0.351. The summed E-state index contributed by atoms with van der Waals surface area (Å²) >= 11 is 0. The summed E-state index contributed by atoms with van der Waals surface area (Å²) < 4.78 is 66.1. The van der Waals surface area contributed by atoms with E-state index in [4.69, 9.17) is 5.84 Å². The maximum Gasteiger partial charge on any atom is 0.411 e. The Balaban J connectivity index is 2.43. The van der Waals surface area contributed by atoms with Crippen LogP contribution < -0.4 is 11.3 Å². The first kappa shape index (κ1) is 16.8. The molecule has 0 aliphatic carbocycles. The van der Waals surface area contributed by atoms with Gasteiger partial charge in [0.1, 0.15) is 18.2 Å². The Labute approximate surface area is 112 Å². The van der Waals surface area contributed by atoms with Crippen LogP contribution >= 0.6 is 0 Å². The molecule has 0 aliphatic rings. The average molecular weight is 298 g/mol. The van der Waals surface area contributed by atoms with Gasteiger partial charge in [-0.25, -0.2) is 8.78 Å². The van der Waals surface area contributed by atoms with Crippen molar-refractivity contribution >= 4 is 0 Å². The van der Waals surface area contributed by atoms with Crippen LogP contribution in [0, 0.1) is 11.6 Å². The number of hydrazine groups is 1. The van der Waals surface area contributed by atoms with Crippen molar-refractivity contribution in [3.8, 4) is 0 Å². The third-order valence-electron chi connectivity index (χ3n) is 2.59. The van der Waals surface area contributed by atoms with Crippen LogP contribution in [-0.2, 0) is 11.2 Å². The van der Waals surface area contributed by atoms with Gasteiger partial charge in [0.05, 0.1) is 0 Å². The molecule has 0 radical (unpaired) electrons. The summed E-state index contributed by atoms with van der Waals surface area (Å²) in [6.45, 7) is -1.51. The fourth-order valence-corrected chi connectivity index (χ4v) is 1.61. The van der Waals surface area contributed by atoms with E-state index in [2.05, 4.69) is 10.2 Å². The van der Waals surface area contributed by atoms with E-state index in [-0.39, 0.29) is 25.0 Å². The van der Waals surface area contributed by atoms with Gasteiger partial charge in [-0.2, -0.15) is 13.2 Å². The highest BCUT2D eigenvalue weighted by molar-refractivity contribution is 5.19. The second kappa shape index (κ2) is 7.51. The maximum absolute atomic E-state index is 13.4. The second-order valence-corrected chi connectivity index (χ2v) is 4.26. The molecule has 0 amide bonds. The molecule has 0 aromatic heterocycles. The number of halogens is 5. The molecule has 1 aromatic carbocycles. The van der Waals surface area contributed by atoms with Crippen molar-refractivity contribution in [2.45, 2.75) is 25.1 Å². The van der Waals surface area contributed by atoms with Crippen molar-refractivity contribution in [1.29, 1.82) is 0 Å². The largest absolute Gasteiger partial charge is 0.411 e. The summed E-state index contributed by atoms with van der Waals surface area (Å²) in [5, 5.41) is 0. The van der Waals surface area contributed by atoms with E-state index in [1.165, 1.54) is 6.07 Å². The number of hydrogen-bond acceptors (Lipinski definition) is 3. The first-order valence-corrected chi connectivity index (χ1v) is 5.86. The molecule has 1 rings (SSSR count). The van der Waals surface area contributed by atoms with Crippen molar-refractivity contribution < 1.29 is 26.7 Å². The molecule has 0 saturated heterocycles. The minimum absolute atomic E-state index is 0.123. The Bertz CT molecular complexity index is 425. The Kier molecular flexibility index (Phi) is 6.31. The van der Waals surface area contributed by atoms with Crippen LogP contribution in [0.1, 0.15) is 12.0 Å². The van der Waals surface area contributed by atoms with Crippen LogP contribution in [0.2, 0.25) is 0 Å². The first-order chi connectivity index (χ1) is 9.31. The molecule has 0 saturated carbocycles. The summed E-state index contributed by atoms with van der Waals surface area (Å²) in [7, 11) is 0. The molecule has 0 aliphatic heterocycles. The minimum Gasteiger partial charge on any atom is -0.372 e. The van der Waals surface area contributed by atoms with Crippen molar-refractivity contribution in [3.63, 3.8) is 0 Å². The summed E-state index contributed by atoms with van der Waals surface area (Å²) in [6, 6.07) is 2.64. The van der Waals surface area contributed by atoms with Gasteiger partial charge in [0.2, 0.25) is 0 Å². The highest BCUT2D eigenvalue weighted by Crippen LogP contribution is 2.15. The number of hydrogen-bond donors (Lipinski definition) is 2. The lowest BCUT2D eigenvalue weighted by Gasteiger charge is -2.16. The molecule has 8 heteroatoms. The number of ether oxygens (including phenoxy) is 1. The third kappa shape index (κ3) is 6.27. The molecular weight excluding hydrogens is 283 g/mol. The monoisotopic (exact) mass is 298 g/mol. The Morgan fingerprint density at radius 3 is 2.50 bits per heavy atom. The van der Waals surface area contributed by atoms with E-state index >= 15 is 0 Å². The zero-order chi connectivity index (χ0) is 15.2. The minimum atomic E-state index is -4.38. The van der Waals surface area contributed by atoms with Crippen LogP contribution in [0.4, 0.5) is 22.0 Å². The van der Waals surface area contributed by atoms with Crippen LogP contribution in [-0.4, -0.2) is 25.4 Å². The fourth-order valence-electron chi connectivity index (χ4n) is 1.61. The third-order valence-corrected chi connectivity index (χ3v) is 2.59. The van der Waals surface area contributed by atoms with Gasteiger partial charge in [-0.1, -0.05) is 6.07 Å². The second-order valence-electron chi connectivity index (χ2n) is 4.26. The number of benzene rings is 1. The highest BCUT2D eigenvalue weighted by Gasteiger charge is 2.27. The van der Waals surface area contributed by atoms with Crippen molar-refractivity contribution in [1.82, 2.24) is 5.43 Å².